The summed E-state index contributed by atoms with van der Waals surface area (Å²) in [6.07, 6.45) is 1.61. The smallest absolute Gasteiger partial charge is 0.271 e. The van der Waals surface area contributed by atoms with Crippen LogP contribution in [0.4, 0.5) is 0 Å². The van der Waals surface area contributed by atoms with Gasteiger partial charge in [0.25, 0.3) is 5.91 Å². The van der Waals surface area contributed by atoms with Crippen LogP contribution in [0.5, 0.6) is 11.5 Å². The molecule has 0 aliphatic carbocycles. The molecule has 0 bridgehead atoms. The summed E-state index contributed by atoms with van der Waals surface area (Å²) in [7, 11) is 0. The van der Waals surface area contributed by atoms with Crippen molar-refractivity contribution < 1.29 is 14.3 Å². The molecule has 40 heavy (non-hydrogen) atoms. The molecule has 0 unspecified atom stereocenters. The highest BCUT2D eigenvalue weighted by atomic mass is 79.9. The van der Waals surface area contributed by atoms with Crippen molar-refractivity contribution in [3.63, 3.8) is 0 Å². The third-order valence-corrected chi connectivity index (χ3v) is 7.18. The molecule has 1 amide bonds. The lowest BCUT2D eigenvalue weighted by molar-refractivity contribution is 0.0955. The average Bonchev–Trinajstić information content (AvgIpc) is 2.96. The molecule has 8 heteroatoms. The number of carbonyl (C=O) groups is 1. The molecule has 5 nitrogen and oxygen atoms in total. The van der Waals surface area contributed by atoms with Gasteiger partial charge in [-0.05, 0) is 70.9 Å². The summed E-state index contributed by atoms with van der Waals surface area (Å²) in [5.41, 5.74) is 5.67. The van der Waals surface area contributed by atoms with Gasteiger partial charge in [0.1, 0.15) is 24.7 Å². The van der Waals surface area contributed by atoms with Crippen molar-refractivity contribution in [3.8, 4) is 11.5 Å². The molecule has 200 valence electrons. The highest BCUT2D eigenvalue weighted by Crippen LogP contribution is 2.28. The summed E-state index contributed by atoms with van der Waals surface area (Å²) < 4.78 is 12.9. The Bertz CT molecular complexity index is 1690. The number of benzene rings is 5. The first-order valence-corrected chi connectivity index (χ1v) is 13.9. The van der Waals surface area contributed by atoms with E-state index < -0.39 is 0 Å². The first-order valence-electron chi connectivity index (χ1n) is 12.4. The number of carbonyl (C=O) groups excluding carboxylic acids is 1. The van der Waals surface area contributed by atoms with Gasteiger partial charge in [-0.1, -0.05) is 87.7 Å². The largest absolute Gasteiger partial charge is 0.489 e. The highest BCUT2D eigenvalue weighted by Gasteiger charge is 2.10. The van der Waals surface area contributed by atoms with Gasteiger partial charge in [-0.25, -0.2) is 5.43 Å². The van der Waals surface area contributed by atoms with Gasteiger partial charge in [-0.3, -0.25) is 4.79 Å². The molecule has 0 aliphatic rings. The van der Waals surface area contributed by atoms with Crippen molar-refractivity contribution in [2.45, 2.75) is 13.2 Å². The number of rotatable bonds is 9. The normalized spacial score (nSPS) is 11.1. The van der Waals surface area contributed by atoms with Gasteiger partial charge >= 0.3 is 0 Å². The molecule has 0 spiro atoms. The van der Waals surface area contributed by atoms with Crippen LogP contribution < -0.4 is 14.9 Å². The molecule has 5 aromatic rings. The molecule has 5 aromatic carbocycles. The lowest BCUT2D eigenvalue weighted by Crippen LogP contribution is -2.17. The Morgan fingerprint density at radius 2 is 1.68 bits per heavy atom. The van der Waals surface area contributed by atoms with Gasteiger partial charge in [0.15, 0.2) is 0 Å². The summed E-state index contributed by atoms with van der Waals surface area (Å²) in [6.45, 7) is 0.673. The van der Waals surface area contributed by atoms with Crippen molar-refractivity contribution in [3.05, 3.63) is 140 Å². The maximum absolute atomic E-state index is 12.8. The monoisotopic (exact) mass is 632 g/mol. The lowest BCUT2D eigenvalue weighted by atomic mass is 10.0. The van der Waals surface area contributed by atoms with Crippen LogP contribution in [0.15, 0.2) is 113 Å². The number of ether oxygens (including phenoxy) is 2. The van der Waals surface area contributed by atoms with E-state index in [0.29, 0.717) is 33.7 Å². The predicted octanol–water partition coefficient (Wildman–Crippen LogP) is 8.83. The number of nitrogens with zero attached hydrogens (tertiary/aromatic N) is 1. The van der Waals surface area contributed by atoms with E-state index in [1.165, 1.54) is 0 Å². The zero-order valence-electron chi connectivity index (χ0n) is 21.1. The van der Waals surface area contributed by atoms with E-state index in [2.05, 4.69) is 26.5 Å². The molecule has 0 radical (unpaired) electrons. The Morgan fingerprint density at radius 1 is 0.850 bits per heavy atom. The van der Waals surface area contributed by atoms with Crippen LogP contribution in [-0.2, 0) is 13.2 Å². The molecule has 0 aromatic heterocycles. The van der Waals surface area contributed by atoms with E-state index in [4.69, 9.17) is 32.7 Å². The molecular formula is C32H23BrCl2N2O3. The van der Waals surface area contributed by atoms with Gasteiger partial charge < -0.3 is 9.47 Å². The third kappa shape index (κ3) is 7.02. The fourth-order valence-electron chi connectivity index (χ4n) is 4.04. The number of amides is 1. The van der Waals surface area contributed by atoms with E-state index in [-0.39, 0.29) is 12.5 Å². The topological polar surface area (TPSA) is 59.9 Å². The summed E-state index contributed by atoms with van der Waals surface area (Å²) in [5, 5.41) is 7.36. The minimum absolute atomic E-state index is 0.281. The van der Waals surface area contributed by atoms with Crippen molar-refractivity contribution in [2.75, 3.05) is 0 Å². The second kappa shape index (κ2) is 13.0. The number of nitrogens with one attached hydrogen (secondary N) is 1. The maximum atomic E-state index is 12.8. The first-order chi connectivity index (χ1) is 19.5. The third-order valence-electron chi connectivity index (χ3n) is 6.10. The number of hydrazone groups is 1. The minimum atomic E-state index is -0.347. The molecule has 0 saturated carbocycles. The molecule has 1 N–H and O–H groups in total. The Kier molecular flexibility index (Phi) is 9.01. The molecule has 0 atom stereocenters. The Morgan fingerprint density at radius 3 is 2.48 bits per heavy atom. The highest BCUT2D eigenvalue weighted by molar-refractivity contribution is 9.10. The van der Waals surface area contributed by atoms with Crippen LogP contribution in [0.3, 0.4) is 0 Å². The van der Waals surface area contributed by atoms with Gasteiger partial charge in [0.05, 0.1) is 6.21 Å². The van der Waals surface area contributed by atoms with Gasteiger partial charge in [0.2, 0.25) is 0 Å². The minimum Gasteiger partial charge on any atom is -0.489 e. The first kappa shape index (κ1) is 27.7. The van der Waals surface area contributed by atoms with Crippen LogP contribution in [0.25, 0.3) is 10.8 Å². The zero-order chi connectivity index (χ0) is 27.9. The summed E-state index contributed by atoms with van der Waals surface area (Å²) in [5.74, 6) is 0.924. The Labute approximate surface area is 250 Å². The van der Waals surface area contributed by atoms with Crippen molar-refractivity contribution >= 4 is 62.0 Å². The summed E-state index contributed by atoms with van der Waals surface area (Å²) >= 11 is 15.7. The zero-order valence-corrected chi connectivity index (χ0v) is 24.2. The van der Waals surface area contributed by atoms with E-state index in [9.17, 15) is 4.79 Å². The predicted molar refractivity (Wildman–Crippen MR) is 165 cm³/mol. The fourth-order valence-corrected chi connectivity index (χ4v) is 4.95. The van der Waals surface area contributed by atoms with Crippen LogP contribution in [0.2, 0.25) is 10.0 Å². The fraction of sp³-hybridized carbons (Fsp3) is 0.0625. The van der Waals surface area contributed by atoms with Gasteiger partial charge in [-0.2, -0.15) is 5.10 Å². The number of hydrogen-bond acceptors (Lipinski definition) is 4. The van der Waals surface area contributed by atoms with Crippen LogP contribution in [-0.4, -0.2) is 12.1 Å². The molecular weight excluding hydrogens is 611 g/mol. The van der Waals surface area contributed by atoms with Crippen molar-refractivity contribution in [2.24, 2.45) is 5.10 Å². The SMILES string of the molecule is O=C(N/N=C/c1c(OCc2cccc(Br)c2)ccc2ccccc12)c1ccc(OCc2ccc(Cl)cc2Cl)cc1. The second-order valence-corrected chi connectivity index (χ2v) is 10.6. The maximum Gasteiger partial charge on any atom is 0.271 e. The molecule has 0 saturated heterocycles. The average molecular weight is 634 g/mol. The van der Waals surface area contributed by atoms with E-state index >= 15 is 0 Å². The van der Waals surface area contributed by atoms with E-state index in [1.807, 2.05) is 66.7 Å². The van der Waals surface area contributed by atoms with E-state index in [1.54, 1.807) is 42.6 Å². The second-order valence-electron chi connectivity index (χ2n) is 8.87. The number of halogens is 3. The standard InChI is InChI=1S/C32H23BrCl2N2O3/c33-25-6-3-4-21(16-25)19-40-31-15-11-22-5-1-2-7-28(22)29(31)18-36-37-32(38)23-9-13-27(14-10-23)39-20-24-8-12-26(34)17-30(24)35/h1-18H,19-20H2,(H,37,38)/b36-18+. The molecule has 0 heterocycles. The quantitative estimate of drug-likeness (QED) is 0.130. The van der Waals surface area contributed by atoms with Crippen LogP contribution >= 0.6 is 39.1 Å². The molecule has 0 fully saturated rings. The van der Waals surface area contributed by atoms with Crippen LogP contribution in [0, 0.1) is 0 Å². The van der Waals surface area contributed by atoms with Gasteiger partial charge in [0, 0.05) is 31.2 Å². The van der Waals surface area contributed by atoms with E-state index in [0.717, 1.165) is 31.9 Å². The molecule has 0 aliphatic heterocycles. The number of hydrogen-bond donors (Lipinski definition) is 1. The van der Waals surface area contributed by atoms with Crippen LogP contribution in [0.1, 0.15) is 27.0 Å². The lowest BCUT2D eigenvalue weighted by Gasteiger charge is -2.12. The number of fused-ring (bicyclic) bond motifs is 1. The summed E-state index contributed by atoms with van der Waals surface area (Å²) in [6, 6.07) is 31.9. The Balaban J connectivity index is 1.26. The summed E-state index contributed by atoms with van der Waals surface area (Å²) in [4.78, 5) is 12.8. The Hall–Kier alpha value is -3.84. The van der Waals surface area contributed by atoms with Crippen molar-refractivity contribution in [1.29, 1.82) is 0 Å². The molecule has 5 rings (SSSR count). The van der Waals surface area contributed by atoms with Gasteiger partial charge in [-0.15, -0.1) is 0 Å². The van der Waals surface area contributed by atoms with Crippen molar-refractivity contribution in [1.82, 2.24) is 5.43 Å².